The van der Waals surface area contributed by atoms with Crippen molar-refractivity contribution < 1.29 is 5.11 Å². The van der Waals surface area contributed by atoms with Crippen LogP contribution in [0, 0.1) is 39.9 Å². The molecule has 1 nitrogen and oxygen atoms in total. The molecular weight excluding hydrogens is 304 g/mol. The van der Waals surface area contributed by atoms with Gasteiger partial charge in [-0.3, -0.25) is 0 Å². The van der Waals surface area contributed by atoms with E-state index in [2.05, 4.69) is 41.2 Å². The van der Waals surface area contributed by atoms with Crippen LogP contribution in [-0.2, 0) is 0 Å². The molecule has 0 heterocycles. The van der Waals surface area contributed by atoms with Crippen LogP contribution in [0.25, 0.3) is 0 Å². The zero-order valence-corrected chi connectivity index (χ0v) is 17.3. The fourth-order valence-corrected chi connectivity index (χ4v) is 8.92. The highest BCUT2D eigenvalue weighted by Gasteiger charge is 2.65. The second-order valence-electron chi connectivity index (χ2n) is 11.6. The van der Waals surface area contributed by atoms with Crippen molar-refractivity contribution in [3.8, 4) is 0 Å². The molecule has 0 bridgehead atoms. The first-order valence-electron chi connectivity index (χ1n) is 10.9. The second kappa shape index (κ2) is 5.37. The Morgan fingerprint density at radius 3 is 2.12 bits per heavy atom. The van der Waals surface area contributed by atoms with Gasteiger partial charge >= 0.3 is 0 Å². The summed E-state index contributed by atoms with van der Waals surface area (Å²) in [6.45, 7) is 16.6. The van der Waals surface area contributed by atoms with E-state index in [1.807, 2.05) is 0 Å². The smallest absolute Gasteiger partial charge is 0.0622 e. The molecule has 1 N–H and O–H groups in total. The molecule has 4 fully saturated rings. The monoisotopic (exact) mass is 344 g/mol. The average molecular weight is 345 g/mol. The van der Waals surface area contributed by atoms with Crippen molar-refractivity contribution in [3.63, 3.8) is 0 Å². The zero-order valence-electron chi connectivity index (χ0n) is 17.3. The van der Waals surface area contributed by atoms with Crippen molar-refractivity contribution in [1.29, 1.82) is 0 Å². The van der Waals surface area contributed by atoms with Gasteiger partial charge in [0.2, 0.25) is 0 Å². The topological polar surface area (TPSA) is 20.2 Å². The average Bonchev–Trinajstić information content (AvgIpc) is 2.87. The lowest BCUT2D eigenvalue weighted by Crippen LogP contribution is -2.59. The molecule has 2 unspecified atom stereocenters. The standard InChI is InChI=1S/C24H40O/c1-16(2)18-7-8-19-23(18,5)12-10-20-22(4)14-13-21(3,25)15-17(22)9-11-24(19,20)6/h17-20,25H,1,7-15H2,2-6H3/t17-,18?,19+,20+,21?,22-,23+,24-/m0/s1. The Balaban J connectivity index is 1.68. The van der Waals surface area contributed by atoms with Crippen LogP contribution in [0.15, 0.2) is 12.2 Å². The Bertz CT molecular complexity index is 577. The number of rotatable bonds is 1. The molecule has 0 aromatic heterocycles. The van der Waals surface area contributed by atoms with Gasteiger partial charge in [-0.25, -0.2) is 0 Å². The van der Waals surface area contributed by atoms with Gasteiger partial charge in [0.1, 0.15) is 0 Å². The van der Waals surface area contributed by atoms with Crippen LogP contribution >= 0.6 is 0 Å². The number of aliphatic hydroxyl groups is 1. The number of fused-ring (bicyclic) bond motifs is 5. The highest BCUT2D eigenvalue weighted by Crippen LogP contribution is 2.73. The third-order valence-corrected chi connectivity index (χ3v) is 10.1. The van der Waals surface area contributed by atoms with Crippen LogP contribution in [0.4, 0.5) is 0 Å². The number of allylic oxidation sites excluding steroid dienone is 1. The van der Waals surface area contributed by atoms with E-state index >= 15 is 0 Å². The van der Waals surface area contributed by atoms with E-state index in [4.69, 9.17) is 0 Å². The molecule has 142 valence electrons. The summed E-state index contributed by atoms with van der Waals surface area (Å²) in [6, 6.07) is 0. The Hall–Kier alpha value is -0.300. The number of hydrogen-bond acceptors (Lipinski definition) is 1. The van der Waals surface area contributed by atoms with Gasteiger partial charge in [-0.05, 0) is 112 Å². The summed E-state index contributed by atoms with van der Waals surface area (Å²) in [5, 5.41) is 10.7. The van der Waals surface area contributed by atoms with Gasteiger partial charge in [0.05, 0.1) is 5.60 Å². The van der Waals surface area contributed by atoms with Gasteiger partial charge in [0.25, 0.3) is 0 Å². The minimum atomic E-state index is -0.417. The molecule has 4 rings (SSSR count). The third kappa shape index (κ3) is 2.36. The lowest BCUT2D eigenvalue weighted by molar-refractivity contribution is -0.184. The molecule has 4 aliphatic carbocycles. The molecule has 0 amide bonds. The Morgan fingerprint density at radius 2 is 1.44 bits per heavy atom. The maximum absolute atomic E-state index is 10.7. The van der Waals surface area contributed by atoms with Crippen LogP contribution in [-0.4, -0.2) is 10.7 Å². The Kier molecular flexibility index (Phi) is 3.88. The molecule has 0 saturated heterocycles. The fraction of sp³-hybridized carbons (Fsp3) is 0.917. The van der Waals surface area contributed by atoms with Crippen molar-refractivity contribution in [1.82, 2.24) is 0 Å². The maximum atomic E-state index is 10.7. The second-order valence-corrected chi connectivity index (χ2v) is 11.6. The molecule has 0 aromatic rings. The highest BCUT2D eigenvalue weighted by atomic mass is 16.3. The van der Waals surface area contributed by atoms with Crippen molar-refractivity contribution >= 4 is 0 Å². The molecule has 0 aromatic carbocycles. The van der Waals surface area contributed by atoms with E-state index < -0.39 is 5.60 Å². The summed E-state index contributed by atoms with van der Waals surface area (Å²) in [5.74, 6) is 3.21. The molecule has 4 saturated carbocycles. The van der Waals surface area contributed by atoms with Crippen LogP contribution in [0.5, 0.6) is 0 Å². The quantitative estimate of drug-likeness (QED) is 0.548. The first-order chi connectivity index (χ1) is 11.5. The normalized spacial score (nSPS) is 58.2. The van der Waals surface area contributed by atoms with Gasteiger partial charge in [-0.2, -0.15) is 0 Å². The zero-order chi connectivity index (χ0) is 18.3. The maximum Gasteiger partial charge on any atom is 0.0622 e. The summed E-state index contributed by atoms with van der Waals surface area (Å²) >= 11 is 0. The molecule has 8 atom stereocenters. The van der Waals surface area contributed by atoms with E-state index in [-0.39, 0.29) is 0 Å². The lowest BCUT2D eigenvalue weighted by Gasteiger charge is -2.66. The van der Waals surface area contributed by atoms with Crippen molar-refractivity contribution in [2.24, 2.45) is 39.9 Å². The molecule has 25 heavy (non-hydrogen) atoms. The summed E-state index contributed by atoms with van der Waals surface area (Å²) in [4.78, 5) is 0. The predicted octanol–water partition coefficient (Wildman–Crippen LogP) is 6.36. The fourth-order valence-electron chi connectivity index (χ4n) is 8.92. The molecule has 0 radical (unpaired) electrons. The highest BCUT2D eigenvalue weighted by molar-refractivity contribution is 5.18. The van der Waals surface area contributed by atoms with E-state index in [9.17, 15) is 5.11 Å². The Morgan fingerprint density at radius 1 is 0.800 bits per heavy atom. The van der Waals surface area contributed by atoms with Crippen LogP contribution < -0.4 is 0 Å². The Labute approximate surface area is 155 Å². The summed E-state index contributed by atoms with van der Waals surface area (Å²) in [6.07, 6.45) is 11.6. The van der Waals surface area contributed by atoms with Gasteiger partial charge < -0.3 is 5.11 Å². The lowest BCUT2D eigenvalue weighted by atomic mass is 9.39. The summed E-state index contributed by atoms with van der Waals surface area (Å²) in [5.41, 5.74) is 2.46. The van der Waals surface area contributed by atoms with Crippen LogP contribution in [0.1, 0.15) is 92.4 Å². The minimum absolute atomic E-state index is 0.417. The molecule has 4 aliphatic rings. The van der Waals surface area contributed by atoms with E-state index in [1.165, 1.54) is 50.5 Å². The summed E-state index contributed by atoms with van der Waals surface area (Å²) in [7, 11) is 0. The molecule has 0 spiro atoms. The first kappa shape index (κ1) is 18.1. The van der Waals surface area contributed by atoms with Gasteiger partial charge in [0.15, 0.2) is 0 Å². The van der Waals surface area contributed by atoms with E-state index in [1.54, 1.807) is 0 Å². The van der Waals surface area contributed by atoms with Gasteiger partial charge in [-0.1, -0.05) is 32.9 Å². The van der Waals surface area contributed by atoms with Crippen LogP contribution in [0.3, 0.4) is 0 Å². The number of hydrogen-bond donors (Lipinski definition) is 1. The van der Waals surface area contributed by atoms with Crippen molar-refractivity contribution in [2.45, 2.75) is 98.0 Å². The van der Waals surface area contributed by atoms with Gasteiger partial charge in [-0.15, -0.1) is 0 Å². The minimum Gasteiger partial charge on any atom is -0.390 e. The predicted molar refractivity (Wildman–Crippen MR) is 105 cm³/mol. The van der Waals surface area contributed by atoms with E-state index in [0.717, 1.165) is 36.5 Å². The first-order valence-corrected chi connectivity index (χ1v) is 10.9. The third-order valence-electron chi connectivity index (χ3n) is 10.1. The van der Waals surface area contributed by atoms with Crippen molar-refractivity contribution in [2.75, 3.05) is 0 Å². The molecular formula is C24H40O. The molecule has 1 heteroatoms. The largest absolute Gasteiger partial charge is 0.390 e. The van der Waals surface area contributed by atoms with E-state index in [0.29, 0.717) is 16.2 Å². The summed E-state index contributed by atoms with van der Waals surface area (Å²) < 4.78 is 0. The van der Waals surface area contributed by atoms with Crippen LogP contribution in [0.2, 0.25) is 0 Å². The van der Waals surface area contributed by atoms with Crippen molar-refractivity contribution in [3.05, 3.63) is 12.2 Å². The SMILES string of the molecule is C=C(C)C1CC[C@H]2[C@]3(C)CC[C@H]4CC(C)(O)CC[C@]4(C)[C@H]3CC[C@]12C. The van der Waals surface area contributed by atoms with Gasteiger partial charge in [0, 0.05) is 0 Å². The molecule has 0 aliphatic heterocycles.